The van der Waals surface area contributed by atoms with Crippen LogP contribution in [-0.2, 0) is 0 Å². The second-order valence-electron chi connectivity index (χ2n) is 5.97. The molecule has 3 aromatic rings. The number of rotatable bonds is 4. The van der Waals surface area contributed by atoms with Crippen molar-refractivity contribution >= 4 is 35.1 Å². The van der Waals surface area contributed by atoms with Crippen molar-refractivity contribution in [3.63, 3.8) is 0 Å². The van der Waals surface area contributed by atoms with Gasteiger partial charge in [-0.3, -0.25) is 9.89 Å². The molecule has 0 spiro atoms. The largest absolute Gasteiger partial charge is 0.322 e. The van der Waals surface area contributed by atoms with E-state index in [9.17, 15) is 4.79 Å². The van der Waals surface area contributed by atoms with Crippen molar-refractivity contribution in [2.45, 2.75) is 11.5 Å². The van der Waals surface area contributed by atoms with Crippen LogP contribution in [0.25, 0.3) is 11.4 Å². The van der Waals surface area contributed by atoms with Crippen molar-refractivity contribution in [2.24, 2.45) is 0 Å². The fourth-order valence-corrected chi connectivity index (χ4v) is 5.61. The van der Waals surface area contributed by atoms with Gasteiger partial charge in [-0.15, -0.1) is 23.5 Å². The number of aromatic amines is 1. The van der Waals surface area contributed by atoms with Gasteiger partial charge in [0.25, 0.3) is 5.91 Å². The summed E-state index contributed by atoms with van der Waals surface area (Å²) in [6.45, 7) is 1.86. The van der Waals surface area contributed by atoms with E-state index in [0.717, 1.165) is 17.1 Å². The molecule has 0 radical (unpaired) electrons. The molecule has 0 bridgehead atoms. The van der Waals surface area contributed by atoms with Crippen LogP contribution < -0.4 is 5.32 Å². The van der Waals surface area contributed by atoms with Gasteiger partial charge in [-0.05, 0) is 36.8 Å². The molecule has 1 aromatic heterocycles. The monoisotopic (exact) mass is 382 g/mol. The Bertz CT molecular complexity index is 917. The number of hydrogen-bond acceptors (Lipinski definition) is 5. The summed E-state index contributed by atoms with van der Waals surface area (Å²) in [5.74, 6) is 3.64. The van der Waals surface area contributed by atoms with Crippen LogP contribution in [-0.4, -0.2) is 32.6 Å². The van der Waals surface area contributed by atoms with E-state index in [1.807, 2.05) is 66.8 Å². The predicted octanol–water partition coefficient (Wildman–Crippen LogP) is 4.51. The Labute approximate surface area is 160 Å². The molecule has 2 N–H and O–H groups in total. The van der Waals surface area contributed by atoms with Gasteiger partial charge in [0.05, 0.1) is 4.58 Å². The molecule has 26 heavy (non-hydrogen) atoms. The molecule has 7 heteroatoms. The highest BCUT2D eigenvalue weighted by Gasteiger charge is 2.18. The molecular formula is C19H18N4OS2. The lowest BCUT2D eigenvalue weighted by Crippen LogP contribution is -2.11. The van der Waals surface area contributed by atoms with Gasteiger partial charge in [-0.25, -0.2) is 4.98 Å². The second-order valence-corrected chi connectivity index (χ2v) is 8.70. The minimum atomic E-state index is -0.119. The molecule has 1 saturated heterocycles. The second kappa shape index (κ2) is 7.55. The number of hydrogen-bond donors (Lipinski definition) is 2. The van der Waals surface area contributed by atoms with Crippen LogP contribution in [0.1, 0.15) is 26.3 Å². The molecule has 1 aliphatic heterocycles. The molecule has 1 fully saturated rings. The first-order chi connectivity index (χ1) is 12.7. The van der Waals surface area contributed by atoms with Gasteiger partial charge in [0.15, 0.2) is 5.82 Å². The minimum Gasteiger partial charge on any atom is -0.322 e. The highest BCUT2D eigenvalue weighted by molar-refractivity contribution is 8.19. The number of carbonyl (C=O) groups excluding carboxylic acids is 1. The molecule has 132 valence electrons. The molecule has 4 rings (SSSR count). The summed E-state index contributed by atoms with van der Waals surface area (Å²) in [5, 5.41) is 9.94. The molecule has 1 amide bonds. The van der Waals surface area contributed by atoms with E-state index in [0.29, 0.717) is 16.0 Å². The standard InChI is InChI=1S/C19H18N4OS2/c1-12-20-17(23-22-12)15-3-2-4-16(11-15)21-18(24)13-5-7-14(8-6-13)19-25-9-10-26-19/h2-8,11,19H,9-10H2,1H3,(H,21,24)(H,20,22,23). The van der Waals surface area contributed by atoms with Crippen molar-refractivity contribution in [1.82, 2.24) is 15.2 Å². The van der Waals surface area contributed by atoms with Crippen molar-refractivity contribution in [3.05, 3.63) is 65.5 Å². The smallest absolute Gasteiger partial charge is 0.255 e. The van der Waals surface area contributed by atoms with Crippen LogP contribution in [0.4, 0.5) is 5.69 Å². The zero-order valence-electron chi connectivity index (χ0n) is 14.2. The van der Waals surface area contributed by atoms with E-state index in [1.54, 1.807) is 0 Å². The Hall–Kier alpha value is -2.25. The van der Waals surface area contributed by atoms with Crippen molar-refractivity contribution in [2.75, 3.05) is 16.8 Å². The fourth-order valence-electron chi connectivity index (χ4n) is 2.75. The third-order valence-electron chi connectivity index (χ3n) is 4.04. The SMILES string of the molecule is Cc1nc(-c2cccc(NC(=O)c3ccc(C4SCCS4)cc3)c2)n[nH]1. The first-order valence-electron chi connectivity index (χ1n) is 8.33. The molecule has 0 saturated carbocycles. The van der Waals surface area contributed by atoms with Gasteiger partial charge in [0, 0.05) is 28.3 Å². The van der Waals surface area contributed by atoms with E-state index < -0.39 is 0 Å². The van der Waals surface area contributed by atoms with Gasteiger partial charge in [-0.1, -0.05) is 24.3 Å². The lowest BCUT2D eigenvalue weighted by molar-refractivity contribution is 0.102. The molecule has 5 nitrogen and oxygen atoms in total. The number of carbonyl (C=O) groups is 1. The van der Waals surface area contributed by atoms with Crippen molar-refractivity contribution in [1.29, 1.82) is 0 Å². The van der Waals surface area contributed by atoms with Crippen LogP contribution in [0.3, 0.4) is 0 Å². The van der Waals surface area contributed by atoms with Crippen LogP contribution >= 0.6 is 23.5 Å². The van der Waals surface area contributed by atoms with Crippen LogP contribution in [0.15, 0.2) is 48.5 Å². The van der Waals surface area contributed by atoms with Gasteiger partial charge in [-0.2, -0.15) is 5.10 Å². The van der Waals surface area contributed by atoms with Crippen molar-refractivity contribution in [3.8, 4) is 11.4 Å². The summed E-state index contributed by atoms with van der Waals surface area (Å²) in [7, 11) is 0. The summed E-state index contributed by atoms with van der Waals surface area (Å²) >= 11 is 3.92. The lowest BCUT2D eigenvalue weighted by Gasteiger charge is -2.10. The van der Waals surface area contributed by atoms with E-state index in [-0.39, 0.29) is 5.91 Å². The van der Waals surface area contributed by atoms with Crippen molar-refractivity contribution < 1.29 is 4.79 Å². The Morgan fingerprint density at radius 3 is 2.62 bits per heavy atom. The summed E-state index contributed by atoms with van der Waals surface area (Å²) < 4.78 is 0.494. The third kappa shape index (κ3) is 3.78. The van der Waals surface area contributed by atoms with Crippen LogP contribution in [0, 0.1) is 6.92 Å². The molecule has 0 unspecified atom stereocenters. The number of anilines is 1. The molecule has 0 atom stereocenters. The Kier molecular flexibility index (Phi) is 4.99. The molecule has 2 heterocycles. The maximum Gasteiger partial charge on any atom is 0.255 e. The highest BCUT2D eigenvalue weighted by Crippen LogP contribution is 2.45. The van der Waals surface area contributed by atoms with E-state index in [1.165, 1.54) is 17.1 Å². The number of benzene rings is 2. The average molecular weight is 383 g/mol. The minimum absolute atomic E-state index is 0.119. The zero-order valence-corrected chi connectivity index (χ0v) is 15.9. The number of aromatic nitrogens is 3. The highest BCUT2D eigenvalue weighted by atomic mass is 32.2. The molecule has 0 aliphatic carbocycles. The normalized spacial score (nSPS) is 14.5. The maximum absolute atomic E-state index is 12.5. The van der Waals surface area contributed by atoms with Gasteiger partial charge in [0.1, 0.15) is 5.82 Å². The first kappa shape index (κ1) is 17.2. The first-order valence-corrected chi connectivity index (χ1v) is 10.4. The summed E-state index contributed by atoms with van der Waals surface area (Å²) in [4.78, 5) is 16.9. The number of aryl methyl sites for hydroxylation is 1. The average Bonchev–Trinajstić information content (AvgIpc) is 3.34. The maximum atomic E-state index is 12.5. The number of amides is 1. The third-order valence-corrected chi connectivity index (χ3v) is 7.15. The number of nitrogens with one attached hydrogen (secondary N) is 2. The lowest BCUT2D eigenvalue weighted by atomic mass is 10.1. The summed E-state index contributed by atoms with van der Waals surface area (Å²) in [6, 6.07) is 15.4. The quantitative estimate of drug-likeness (QED) is 0.695. The Balaban J connectivity index is 1.47. The Morgan fingerprint density at radius 2 is 1.92 bits per heavy atom. The van der Waals surface area contributed by atoms with Gasteiger partial charge >= 0.3 is 0 Å². The fraction of sp³-hybridized carbons (Fsp3) is 0.211. The summed E-state index contributed by atoms with van der Waals surface area (Å²) in [5.41, 5.74) is 3.51. The van der Waals surface area contributed by atoms with Gasteiger partial charge < -0.3 is 5.32 Å². The van der Waals surface area contributed by atoms with Crippen LogP contribution in [0.5, 0.6) is 0 Å². The number of nitrogens with zero attached hydrogens (tertiary/aromatic N) is 2. The zero-order chi connectivity index (χ0) is 17.9. The van der Waals surface area contributed by atoms with Gasteiger partial charge in [0.2, 0.25) is 0 Å². The summed E-state index contributed by atoms with van der Waals surface area (Å²) in [6.07, 6.45) is 0. The molecule has 2 aromatic carbocycles. The number of thioether (sulfide) groups is 2. The Morgan fingerprint density at radius 1 is 1.15 bits per heavy atom. The molecular weight excluding hydrogens is 364 g/mol. The van der Waals surface area contributed by atoms with E-state index in [4.69, 9.17) is 0 Å². The molecule has 1 aliphatic rings. The topological polar surface area (TPSA) is 70.7 Å². The predicted molar refractivity (Wildman–Crippen MR) is 109 cm³/mol. The van der Waals surface area contributed by atoms with E-state index >= 15 is 0 Å². The van der Waals surface area contributed by atoms with E-state index in [2.05, 4.69) is 32.6 Å². The van der Waals surface area contributed by atoms with Crippen LogP contribution in [0.2, 0.25) is 0 Å². The number of H-pyrrole nitrogens is 1.